The standard InChI is InChI=1S/C14H11BrClFO2/c15-11-5-4-10(12(16)6-11)8-19-14-9(7-18)2-1-3-13(14)17/h1-6,18H,7-8H2. The van der Waals surface area contributed by atoms with Gasteiger partial charge in [-0.3, -0.25) is 0 Å². The zero-order valence-corrected chi connectivity index (χ0v) is 12.2. The highest BCUT2D eigenvalue weighted by Crippen LogP contribution is 2.26. The number of benzene rings is 2. The van der Waals surface area contributed by atoms with E-state index in [1.807, 2.05) is 6.07 Å². The lowest BCUT2D eigenvalue weighted by Gasteiger charge is -2.12. The van der Waals surface area contributed by atoms with E-state index in [0.29, 0.717) is 10.6 Å². The summed E-state index contributed by atoms with van der Waals surface area (Å²) in [4.78, 5) is 0. The summed E-state index contributed by atoms with van der Waals surface area (Å²) in [6, 6.07) is 9.80. The summed E-state index contributed by atoms with van der Waals surface area (Å²) >= 11 is 9.36. The molecule has 0 heterocycles. The molecule has 1 N–H and O–H groups in total. The van der Waals surface area contributed by atoms with Crippen molar-refractivity contribution in [3.05, 3.63) is 62.8 Å². The molecule has 0 saturated heterocycles. The Labute approximate surface area is 123 Å². The lowest BCUT2D eigenvalue weighted by Crippen LogP contribution is -2.01. The van der Waals surface area contributed by atoms with Crippen molar-refractivity contribution in [2.45, 2.75) is 13.2 Å². The smallest absolute Gasteiger partial charge is 0.165 e. The van der Waals surface area contributed by atoms with Gasteiger partial charge in [-0.1, -0.05) is 45.7 Å². The number of rotatable bonds is 4. The van der Waals surface area contributed by atoms with Gasteiger partial charge in [-0.2, -0.15) is 0 Å². The maximum Gasteiger partial charge on any atom is 0.165 e. The van der Waals surface area contributed by atoms with Crippen molar-refractivity contribution in [3.8, 4) is 5.75 Å². The van der Waals surface area contributed by atoms with Crippen LogP contribution in [0.15, 0.2) is 40.9 Å². The van der Waals surface area contributed by atoms with Crippen molar-refractivity contribution in [3.63, 3.8) is 0 Å². The monoisotopic (exact) mass is 344 g/mol. The molecule has 0 unspecified atom stereocenters. The zero-order valence-electron chi connectivity index (χ0n) is 9.87. The van der Waals surface area contributed by atoms with Crippen LogP contribution in [0.1, 0.15) is 11.1 Å². The average Bonchev–Trinajstić information content (AvgIpc) is 2.39. The van der Waals surface area contributed by atoms with E-state index in [9.17, 15) is 4.39 Å². The molecule has 0 spiro atoms. The van der Waals surface area contributed by atoms with Crippen molar-refractivity contribution in [1.29, 1.82) is 0 Å². The van der Waals surface area contributed by atoms with Crippen molar-refractivity contribution >= 4 is 27.5 Å². The molecular formula is C14H11BrClFO2. The van der Waals surface area contributed by atoms with Gasteiger partial charge in [0, 0.05) is 20.6 Å². The average molecular weight is 346 g/mol. The lowest BCUT2D eigenvalue weighted by molar-refractivity contribution is 0.251. The molecule has 2 nitrogen and oxygen atoms in total. The van der Waals surface area contributed by atoms with Gasteiger partial charge in [0.05, 0.1) is 6.61 Å². The summed E-state index contributed by atoms with van der Waals surface area (Å²) in [5, 5.41) is 9.69. The molecule has 2 rings (SSSR count). The zero-order chi connectivity index (χ0) is 13.8. The van der Waals surface area contributed by atoms with Crippen LogP contribution in [-0.4, -0.2) is 5.11 Å². The molecular weight excluding hydrogens is 335 g/mol. The van der Waals surface area contributed by atoms with Crippen LogP contribution in [0.2, 0.25) is 5.02 Å². The molecule has 0 aliphatic carbocycles. The largest absolute Gasteiger partial charge is 0.485 e. The van der Waals surface area contributed by atoms with Crippen molar-refractivity contribution < 1.29 is 14.2 Å². The SMILES string of the molecule is OCc1cccc(F)c1OCc1ccc(Br)cc1Cl. The molecule has 2 aromatic rings. The van der Waals surface area contributed by atoms with Gasteiger partial charge in [0.25, 0.3) is 0 Å². The van der Waals surface area contributed by atoms with Gasteiger partial charge in [0.1, 0.15) is 6.61 Å². The highest BCUT2D eigenvalue weighted by atomic mass is 79.9. The maximum absolute atomic E-state index is 13.6. The summed E-state index contributed by atoms with van der Waals surface area (Å²) in [5.74, 6) is -0.441. The number of ether oxygens (including phenoxy) is 1. The third-order valence-electron chi connectivity index (χ3n) is 2.61. The Hall–Kier alpha value is -1.10. The van der Waals surface area contributed by atoms with E-state index in [4.69, 9.17) is 21.4 Å². The van der Waals surface area contributed by atoms with Crippen LogP contribution in [0.5, 0.6) is 5.75 Å². The molecule has 0 saturated carbocycles. The maximum atomic E-state index is 13.6. The number of para-hydroxylation sites is 1. The van der Waals surface area contributed by atoms with Gasteiger partial charge >= 0.3 is 0 Å². The van der Waals surface area contributed by atoms with Gasteiger partial charge in [0.2, 0.25) is 0 Å². The quantitative estimate of drug-likeness (QED) is 0.894. The van der Waals surface area contributed by atoms with E-state index >= 15 is 0 Å². The topological polar surface area (TPSA) is 29.5 Å². The van der Waals surface area contributed by atoms with Crippen LogP contribution in [0, 0.1) is 5.82 Å². The summed E-state index contributed by atoms with van der Waals surface area (Å²) in [6.45, 7) is -0.138. The van der Waals surface area contributed by atoms with Crippen LogP contribution in [0.4, 0.5) is 4.39 Å². The van der Waals surface area contributed by atoms with Crippen molar-refractivity contribution in [2.24, 2.45) is 0 Å². The summed E-state index contributed by atoms with van der Waals surface area (Å²) in [6.07, 6.45) is 0. The first-order valence-electron chi connectivity index (χ1n) is 5.57. The molecule has 0 fully saturated rings. The molecule has 0 atom stereocenters. The van der Waals surface area contributed by atoms with Gasteiger partial charge in [-0.25, -0.2) is 4.39 Å². The molecule has 2 aromatic carbocycles. The Kier molecular flexibility index (Phi) is 4.80. The van der Waals surface area contributed by atoms with Crippen LogP contribution in [0.3, 0.4) is 0 Å². The van der Waals surface area contributed by atoms with Crippen LogP contribution in [0.25, 0.3) is 0 Å². The fourth-order valence-corrected chi connectivity index (χ4v) is 2.36. The molecule has 100 valence electrons. The molecule has 0 amide bonds. The lowest BCUT2D eigenvalue weighted by atomic mass is 10.2. The number of halogens is 3. The number of aliphatic hydroxyl groups is 1. The van der Waals surface area contributed by atoms with E-state index in [-0.39, 0.29) is 19.0 Å². The highest BCUT2D eigenvalue weighted by Gasteiger charge is 2.10. The third kappa shape index (κ3) is 3.47. The molecule has 0 radical (unpaired) electrons. The second-order valence-corrected chi connectivity index (χ2v) is 5.23. The Morgan fingerprint density at radius 2 is 2.00 bits per heavy atom. The van der Waals surface area contributed by atoms with E-state index in [0.717, 1.165) is 10.0 Å². The summed E-state index contributed by atoms with van der Waals surface area (Å²) in [5.41, 5.74) is 1.16. The molecule has 0 bridgehead atoms. The molecule has 0 aliphatic rings. The minimum Gasteiger partial charge on any atom is -0.485 e. The normalized spacial score (nSPS) is 10.5. The minimum absolute atomic E-state index is 0.0592. The van der Waals surface area contributed by atoms with Gasteiger partial charge in [-0.05, 0) is 18.2 Å². The molecule has 5 heteroatoms. The van der Waals surface area contributed by atoms with E-state index in [1.165, 1.54) is 12.1 Å². The van der Waals surface area contributed by atoms with Gasteiger partial charge in [0.15, 0.2) is 11.6 Å². The molecule has 19 heavy (non-hydrogen) atoms. The second-order valence-electron chi connectivity index (χ2n) is 3.91. The molecule has 0 aliphatic heterocycles. The van der Waals surface area contributed by atoms with Crippen LogP contribution >= 0.6 is 27.5 Å². The highest BCUT2D eigenvalue weighted by molar-refractivity contribution is 9.10. The first-order valence-corrected chi connectivity index (χ1v) is 6.74. The van der Waals surface area contributed by atoms with Crippen molar-refractivity contribution in [2.75, 3.05) is 0 Å². The Morgan fingerprint density at radius 1 is 1.21 bits per heavy atom. The first-order chi connectivity index (χ1) is 9.11. The van der Waals surface area contributed by atoms with E-state index < -0.39 is 5.82 Å². The first kappa shape index (κ1) is 14.3. The van der Waals surface area contributed by atoms with E-state index in [2.05, 4.69) is 15.9 Å². The summed E-state index contributed by atoms with van der Waals surface area (Å²) < 4.78 is 19.9. The predicted molar refractivity (Wildman–Crippen MR) is 75.8 cm³/mol. The van der Waals surface area contributed by atoms with Crippen LogP contribution in [-0.2, 0) is 13.2 Å². The Bertz CT molecular complexity index is 590. The predicted octanol–water partition coefficient (Wildman–Crippen LogP) is 4.31. The summed E-state index contributed by atoms with van der Waals surface area (Å²) in [7, 11) is 0. The number of hydrogen-bond donors (Lipinski definition) is 1. The fraction of sp³-hybridized carbons (Fsp3) is 0.143. The third-order valence-corrected chi connectivity index (χ3v) is 3.45. The van der Waals surface area contributed by atoms with Crippen LogP contribution < -0.4 is 4.74 Å². The Balaban J connectivity index is 2.19. The van der Waals surface area contributed by atoms with Crippen molar-refractivity contribution in [1.82, 2.24) is 0 Å². The Morgan fingerprint density at radius 3 is 2.68 bits per heavy atom. The van der Waals surface area contributed by atoms with Gasteiger partial charge < -0.3 is 9.84 Å². The second kappa shape index (κ2) is 6.37. The molecule has 0 aromatic heterocycles. The van der Waals surface area contributed by atoms with E-state index in [1.54, 1.807) is 18.2 Å². The fourth-order valence-electron chi connectivity index (χ4n) is 1.63. The van der Waals surface area contributed by atoms with Gasteiger partial charge in [-0.15, -0.1) is 0 Å². The minimum atomic E-state index is -0.500. The number of hydrogen-bond acceptors (Lipinski definition) is 2. The number of aliphatic hydroxyl groups excluding tert-OH is 1.